The van der Waals surface area contributed by atoms with Crippen LogP contribution in [0.3, 0.4) is 0 Å². The van der Waals surface area contributed by atoms with Crippen LogP contribution in [0, 0.1) is 12.3 Å². The SMILES string of the molecule is C#CCCC1(CCC(=O)Nc2ccc(C3CC3)cc2)N=N1. The van der Waals surface area contributed by atoms with Gasteiger partial charge in [-0.2, -0.15) is 10.2 Å². The Bertz CT molecular complexity index is 587. The van der Waals surface area contributed by atoms with E-state index in [1.807, 2.05) is 12.1 Å². The average molecular weight is 281 g/mol. The number of terminal acetylenes is 1. The van der Waals surface area contributed by atoms with Gasteiger partial charge >= 0.3 is 0 Å². The Morgan fingerprint density at radius 1 is 1.29 bits per heavy atom. The number of nitrogens with one attached hydrogen (secondary N) is 1. The fraction of sp³-hybridized carbons (Fsp3) is 0.471. The van der Waals surface area contributed by atoms with E-state index in [0.717, 1.165) is 18.0 Å². The van der Waals surface area contributed by atoms with Crippen molar-refractivity contribution in [3.63, 3.8) is 0 Å². The Labute approximate surface area is 125 Å². The molecule has 0 radical (unpaired) electrons. The number of anilines is 1. The van der Waals surface area contributed by atoms with Crippen molar-refractivity contribution in [2.45, 2.75) is 50.1 Å². The van der Waals surface area contributed by atoms with E-state index >= 15 is 0 Å². The van der Waals surface area contributed by atoms with Crippen molar-refractivity contribution in [1.82, 2.24) is 0 Å². The van der Waals surface area contributed by atoms with Crippen LogP contribution < -0.4 is 5.32 Å². The molecule has 1 fully saturated rings. The molecule has 0 saturated heterocycles. The van der Waals surface area contributed by atoms with E-state index in [0.29, 0.717) is 19.3 Å². The lowest BCUT2D eigenvalue weighted by Gasteiger charge is -2.09. The van der Waals surface area contributed by atoms with E-state index in [2.05, 4.69) is 33.6 Å². The molecule has 4 heteroatoms. The first-order valence-corrected chi connectivity index (χ1v) is 7.48. The first-order chi connectivity index (χ1) is 10.2. The molecule has 1 heterocycles. The van der Waals surface area contributed by atoms with E-state index in [4.69, 9.17) is 6.42 Å². The van der Waals surface area contributed by atoms with E-state index < -0.39 is 0 Å². The molecule has 108 valence electrons. The highest BCUT2D eigenvalue weighted by atomic mass is 16.1. The number of carbonyl (C=O) groups excluding carboxylic acids is 1. The molecule has 1 aromatic rings. The van der Waals surface area contributed by atoms with Crippen molar-refractivity contribution >= 4 is 11.6 Å². The molecule has 0 aromatic heterocycles. The molecule has 1 N–H and O–H groups in total. The van der Waals surface area contributed by atoms with Gasteiger partial charge in [-0.15, -0.1) is 12.3 Å². The highest BCUT2D eigenvalue weighted by Gasteiger charge is 2.39. The third-order valence-corrected chi connectivity index (χ3v) is 4.05. The van der Waals surface area contributed by atoms with E-state index in [1.54, 1.807) is 0 Å². The van der Waals surface area contributed by atoms with Crippen LogP contribution in [0.5, 0.6) is 0 Å². The van der Waals surface area contributed by atoms with Gasteiger partial charge in [0.1, 0.15) is 0 Å². The van der Waals surface area contributed by atoms with E-state index in [1.165, 1.54) is 18.4 Å². The van der Waals surface area contributed by atoms with E-state index in [9.17, 15) is 4.79 Å². The summed E-state index contributed by atoms with van der Waals surface area (Å²) in [4.78, 5) is 12.0. The monoisotopic (exact) mass is 281 g/mol. The summed E-state index contributed by atoms with van der Waals surface area (Å²) in [5.74, 6) is 3.34. The van der Waals surface area contributed by atoms with Crippen LogP contribution in [0.25, 0.3) is 0 Å². The number of nitrogens with zero attached hydrogens (tertiary/aromatic N) is 2. The minimum absolute atomic E-state index is 0.00607. The lowest BCUT2D eigenvalue weighted by molar-refractivity contribution is -0.116. The molecule has 3 rings (SSSR count). The maximum Gasteiger partial charge on any atom is 0.224 e. The number of hydrogen-bond donors (Lipinski definition) is 1. The van der Waals surface area contributed by atoms with Crippen molar-refractivity contribution in [3.05, 3.63) is 29.8 Å². The number of amides is 1. The standard InChI is InChI=1S/C17H19N3O/c1-2-3-11-17(19-20-17)12-10-16(21)18-15-8-6-14(7-9-15)13-4-5-13/h1,6-9,13H,3-5,10-12H2,(H,18,21). The molecule has 21 heavy (non-hydrogen) atoms. The third-order valence-electron chi connectivity index (χ3n) is 4.05. The number of benzene rings is 1. The second kappa shape index (κ2) is 5.69. The number of hydrogen-bond acceptors (Lipinski definition) is 3. The van der Waals surface area contributed by atoms with Crippen molar-refractivity contribution in [3.8, 4) is 12.3 Å². The predicted molar refractivity (Wildman–Crippen MR) is 81.9 cm³/mol. The van der Waals surface area contributed by atoms with Gasteiger partial charge in [0.05, 0.1) is 0 Å². The van der Waals surface area contributed by atoms with Gasteiger partial charge in [-0.1, -0.05) is 12.1 Å². The predicted octanol–water partition coefficient (Wildman–Crippen LogP) is 3.86. The highest BCUT2D eigenvalue weighted by Crippen LogP contribution is 2.40. The Morgan fingerprint density at radius 3 is 2.57 bits per heavy atom. The summed E-state index contributed by atoms with van der Waals surface area (Å²) in [5.41, 5.74) is 1.85. The van der Waals surface area contributed by atoms with Crippen LogP contribution in [0.15, 0.2) is 34.5 Å². The summed E-state index contributed by atoms with van der Waals surface area (Å²) >= 11 is 0. The Kier molecular flexibility index (Phi) is 3.74. The molecular formula is C17H19N3O. The fourth-order valence-electron chi connectivity index (χ4n) is 2.46. The van der Waals surface area contributed by atoms with Crippen molar-refractivity contribution in [2.75, 3.05) is 5.32 Å². The molecule has 0 bridgehead atoms. The van der Waals surface area contributed by atoms with Crippen LogP contribution in [0.4, 0.5) is 5.69 Å². The maximum absolute atomic E-state index is 12.0. The topological polar surface area (TPSA) is 53.8 Å². The molecule has 1 aliphatic heterocycles. The van der Waals surface area contributed by atoms with Gasteiger partial charge in [0.25, 0.3) is 0 Å². The van der Waals surface area contributed by atoms with Crippen LogP contribution in [0.2, 0.25) is 0 Å². The van der Waals surface area contributed by atoms with Crippen molar-refractivity contribution in [2.24, 2.45) is 10.2 Å². The minimum Gasteiger partial charge on any atom is -0.326 e. The van der Waals surface area contributed by atoms with Crippen molar-refractivity contribution in [1.29, 1.82) is 0 Å². The molecule has 2 aliphatic rings. The average Bonchev–Trinajstić information content (AvgIpc) is 3.38. The number of carbonyl (C=O) groups is 1. The molecule has 0 unspecified atom stereocenters. The van der Waals surface area contributed by atoms with Gasteiger partial charge in [-0.3, -0.25) is 4.79 Å². The summed E-state index contributed by atoms with van der Waals surface area (Å²) in [6, 6.07) is 8.16. The second-order valence-corrected chi connectivity index (χ2v) is 5.83. The number of rotatable bonds is 7. The van der Waals surface area contributed by atoms with Crippen molar-refractivity contribution < 1.29 is 4.79 Å². The lowest BCUT2D eigenvalue weighted by atomic mass is 10.0. The van der Waals surface area contributed by atoms with Gasteiger partial charge in [0.2, 0.25) is 5.91 Å². The zero-order valence-electron chi connectivity index (χ0n) is 12.0. The molecule has 1 aromatic carbocycles. The van der Waals surface area contributed by atoms with E-state index in [-0.39, 0.29) is 11.6 Å². The summed E-state index contributed by atoms with van der Waals surface area (Å²) in [5, 5.41) is 11.0. The van der Waals surface area contributed by atoms with Crippen LogP contribution in [-0.2, 0) is 4.79 Å². The lowest BCUT2D eigenvalue weighted by Crippen LogP contribution is -2.17. The Balaban J connectivity index is 1.44. The molecule has 0 atom stereocenters. The normalized spacial score (nSPS) is 18.0. The Morgan fingerprint density at radius 2 is 2.00 bits per heavy atom. The Hall–Kier alpha value is -2.15. The first kappa shape index (κ1) is 13.8. The van der Waals surface area contributed by atoms with Gasteiger partial charge in [0, 0.05) is 31.4 Å². The third kappa shape index (κ3) is 3.69. The van der Waals surface area contributed by atoms with Crippen LogP contribution >= 0.6 is 0 Å². The fourth-order valence-corrected chi connectivity index (χ4v) is 2.46. The first-order valence-electron chi connectivity index (χ1n) is 7.48. The summed E-state index contributed by atoms with van der Waals surface area (Å²) in [7, 11) is 0. The largest absolute Gasteiger partial charge is 0.326 e. The van der Waals surface area contributed by atoms with Crippen LogP contribution in [-0.4, -0.2) is 11.6 Å². The van der Waals surface area contributed by atoms with Gasteiger partial charge in [-0.25, -0.2) is 0 Å². The van der Waals surface area contributed by atoms with Gasteiger partial charge in [-0.05, 0) is 36.5 Å². The van der Waals surface area contributed by atoms with Gasteiger partial charge in [0.15, 0.2) is 5.66 Å². The molecular weight excluding hydrogens is 262 g/mol. The summed E-state index contributed by atoms with van der Waals surface area (Å²) in [6.07, 6.45) is 10.3. The molecule has 1 saturated carbocycles. The second-order valence-electron chi connectivity index (χ2n) is 5.83. The molecule has 1 aliphatic carbocycles. The van der Waals surface area contributed by atoms with Crippen LogP contribution in [0.1, 0.15) is 50.0 Å². The zero-order valence-corrected chi connectivity index (χ0v) is 12.0. The summed E-state index contributed by atoms with van der Waals surface area (Å²) in [6.45, 7) is 0. The highest BCUT2D eigenvalue weighted by molar-refractivity contribution is 5.90. The zero-order chi connectivity index (χ0) is 14.7. The maximum atomic E-state index is 12.0. The minimum atomic E-state index is -0.375. The summed E-state index contributed by atoms with van der Waals surface area (Å²) < 4.78 is 0. The quantitative estimate of drug-likeness (QED) is 0.758. The molecule has 4 nitrogen and oxygen atoms in total. The molecule has 0 spiro atoms. The smallest absolute Gasteiger partial charge is 0.224 e. The van der Waals surface area contributed by atoms with Gasteiger partial charge < -0.3 is 5.32 Å². The molecule has 1 amide bonds.